The van der Waals surface area contributed by atoms with Crippen LogP contribution in [0.1, 0.15) is 32.9 Å². The second-order valence-electron chi connectivity index (χ2n) is 6.69. The molecule has 0 aliphatic heterocycles. The highest BCUT2D eigenvalue weighted by Gasteiger charge is 2.20. The van der Waals surface area contributed by atoms with Gasteiger partial charge in [-0.3, -0.25) is 0 Å². The third-order valence-electron chi connectivity index (χ3n) is 4.77. The van der Waals surface area contributed by atoms with Crippen molar-refractivity contribution in [3.05, 3.63) is 76.6 Å². The second-order valence-corrected chi connectivity index (χ2v) is 8.43. The van der Waals surface area contributed by atoms with Crippen LogP contribution >= 0.6 is 0 Å². The van der Waals surface area contributed by atoms with Crippen LogP contribution in [0.2, 0.25) is 0 Å². The fourth-order valence-corrected chi connectivity index (χ4v) is 4.41. The van der Waals surface area contributed by atoms with E-state index in [4.69, 9.17) is 0 Å². The highest BCUT2D eigenvalue weighted by molar-refractivity contribution is 7.89. The van der Waals surface area contributed by atoms with Crippen molar-refractivity contribution in [1.82, 2.24) is 14.5 Å². The van der Waals surface area contributed by atoms with Crippen LogP contribution in [0.4, 0.5) is 0 Å². The van der Waals surface area contributed by atoms with Crippen LogP contribution in [0.5, 0.6) is 0 Å². The number of carbonyl (C=O) groups is 1. The number of aryl methyl sites for hydroxylation is 2. The standard InChI is InChI=1S/C21H23N3O4S/c1-14-12-17(21(25)28-4)10-11-20(14)29(26,27)22-13-19-15(2)23-24(16(19)3)18-8-6-5-7-9-18/h5-12,22H,13H2,1-4H3. The number of nitrogens with one attached hydrogen (secondary N) is 1. The van der Waals surface area contributed by atoms with Crippen molar-refractivity contribution in [3.8, 4) is 5.69 Å². The number of methoxy groups -OCH3 is 1. The lowest BCUT2D eigenvalue weighted by molar-refractivity contribution is 0.0600. The molecule has 3 aromatic rings. The van der Waals surface area contributed by atoms with Crippen LogP contribution in [-0.2, 0) is 21.3 Å². The normalized spacial score (nSPS) is 11.4. The van der Waals surface area contributed by atoms with Crippen molar-refractivity contribution in [3.63, 3.8) is 0 Å². The first-order chi connectivity index (χ1) is 13.7. The molecular weight excluding hydrogens is 390 g/mol. The van der Waals surface area contributed by atoms with Gasteiger partial charge in [0.25, 0.3) is 0 Å². The minimum Gasteiger partial charge on any atom is -0.465 e. The molecule has 0 atom stereocenters. The molecule has 1 N–H and O–H groups in total. The maximum atomic E-state index is 12.8. The van der Waals surface area contributed by atoms with E-state index >= 15 is 0 Å². The largest absolute Gasteiger partial charge is 0.465 e. The Bertz CT molecular complexity index is 1150. The molecule has 152 valence electrons. The number of carbonyl (C=O) groups excluding carboxylic acids is 1. The number of para-hydroxylation sites is 1. The average Bonchev–Trinajstić information content (AvgIpc) is 2.99. The van der Waals surface area contributed by atoms with Crippen LogP contribution in [-0.4, -0.2) is 31.3 Å². The maximum absolute atomic E-state index is 12.8. The first-order valence-electron chi connectivity index (χ1n) is 9.03. The molecule has 2 aromatic carbocycles. The first-order valence-corrected chi connectivity index (χ1v) is 10.5. The quantitative estimate of drug-likeness (QED) is 0.627. The number of rotatable bonds is 6. The van der Waals surface area contributed by atoms with Crippen LogP contribution < -0.4 is 4.72 Å². The fraction of sp³-hybridized carbons (Fsp3) is 0.238. The van der Waals surface area contributed by atoms with E-state index in [9.17, 15) is 13.2 Å². The van der Waals surface area contributed by atoms with Crippen molar-refractivity contribution < 1.29 is 17.9 Å². The highest BCUT2D eigenvalue weighted by atomic mass is 32.2. The van der Waals surface area contributed by atoms with E-state index in [1.165, 1.54) is 25.3 Å². The van der Waals surface area contributed by atoms with Gasteiger partial charge in [0.05, 0.1) is 29.0 Å². The summed E-state index contributed by atoms with van der Waals surface area (Å²) in [6, 6.07) is 14.0. The summed E-state index contributed by atoms with van der Waals surface area (Å²) in [5, 5.41) is 4.54. The predicted molar refractivity (Wildman–Crippen MR) is 110 cm³/mol. The summed E-state index contributed by atoms with van der Waals surface area (Å²) in [5.74, 6) is -0.510. The van der Waals surface area contributed by atoms with Crippen LogP contribution in [0.25, 0.3) is 5.69 Å². The zero-order valence-corrected chi connectivity index (χ0v) is 17.6. The van der Waals surface area contributed by atoms with Gasteiger partial charge in [0.2, 0.25) is 10.0 Å². The minimum absolute atomic E-state index is 0.116. The molecule has 0 aliphatic rings. The smallest absolute Gasteiger partial charge is 0.337 e. The van der Waals surface area contributed by atoms with Gasteiger partial charge in [-0.15, -0.1) is 0 Å². The van der Waals surface area contributed by atoms with Gasteiger partial charge in [-0.1, -0.05) is 18.2 Å². The molecule has 0 spiro atoms. The molecule has 3 rings (SSSR count). The molecular formula is C21H23N3O4S. The molecule has 0 unspecified atom stereocenters. The van der Waals surface area contributed by atoms with Crippen molar-refractivity contribution in [1.29, 1.82) is 0 Å². The zero-order chi connectivity index (χ0) is 21.2. The van der Waals surface area contributed by atoms with Crippen LogP contribution in [0, 0.1) is 20.8 Å². The Hall–Kier alpha value is -2.97. The summed E-state index contributed by atoms with van der Waals surface area (Å²) < 4.78 is 34.8. The predicted octanol–water partition coefficient (Wildman–Crippen LogP) is 3.06. The Balaban J connectivity index is 1.85. The van der Waals surface area contributed by atoms with Gasteiger partial charge in [-0.05, 0) is 56.7 Å². The molecule has 0 fully saturated rings. The molecule has 29 heavy (non-hydrogen) atoms. The number of ether oxygens (including phenoxy) is 1. The fourth-order valence-electron chi connectivity index (χ4n) is 3.19. The van der Waals surface area contributed by atoms with Crippen molar-refractivity contribution >= 4 is 16.0 Å². The Labute approximate surface area is 170 Å². The molecule has 7 nitrogen and oxygen atoms in total. The van der Waals surface area contributed by atoms with E-state index in [0.29, 0.717) is 11.1 Å². The molecule has 0 amide bonds. The van der Waals surface area contributed by atoms with Gasteiger partial charge in [0.1, 0.15) is 0 Å². The summed E-state index contributed by atoms with van der Waals surface area (Å²) in [6.07, 6.45) is 0. The van der Waals surface area contributed by atoms with E-state index in [1.807, 2.05) is 44.2 Å². The number of benzene rings is 2. The maximum Gasteiger partial charge on any atom is 0.337 e. The van der Waals surface area contributed by atoms with Crippen LogP contribution in [0.15, 0.2) is 53.4 Å². The summed E-state index contributed by atoms with van der Waals surface area (Å²) in [6.45, 7) is 5.52. The molecule has 0 saturated carbocycles. The van der Waals surface area contributed by atoms with E-state index in [1.54, 1.807) is 11.6 Å². The first kappa shape index (κ1) is 20.8. The molecule has 1 heterocycles. The Morgan fingerprint density at radius 2 is 1.79 bits per heavy atom. The van der Waals surface area contributed by atoms with Gasteiger partial charge in [-0.2, -0.15) is 5.10 Å². The third kappa shape index (κ3) is 4.23. The lowest BCUT2D eigenvalue weighted by atomic mass is 10.1. The number of hydrogen-bond donors (Lipinski definition) is 1. The number of esters is 1. The molecule has 0 radical (unpaired) electrons. The molecule has 0 bridgehead atoms. The molecule has 0 saturated heterocycles. The highest BCUT2D eigenvalue weighted by Crippen LogP contribution is 2.20. The zero-order valence-electron chi connectivity index (χ0n) is 16.8. The van der Waals surface area contributed by atoms with E-state index in [-0.39, 0.29) is 11.4 Å². The number of hydrogen-bond acceptors (Lipinski definition) is 5. The van der Waals surface area contributed by atoms with Gasteiger partial charge in [0, 0.05) is 17.8 Å². The summed E-state index contributed by atoms with van der Waals surface area (Å²) >= 11 is 0. The number of aromatic nitrogens is 2. The van der Waals surface area contributed by atoms with Gasteiger partial charge < -0.3 is 4.74 Å². The van der Waals surface area contributed by atoms with Gasteiger partial charge in [0.15, 0.2) is 0 Å². The summed E-state index contributed by atoms with van der Waals surface area (Å²) in [5.41, 5.74) is 4.13. The lowest BCUT2D eigenvalue weighted by Gasteiger charge is -2.11. The van der Waals surface area contributed by atoms with E-state index in [2.05, 4.69) is 14.6 Å². The minimum atomic E-state index is -3.77. The van der Waals surface area contributed by atoms with E-state index < -0.39 is 16.0 Å². The topological polar surface area (TPSA) is 90.3 Å². The Morgan fingerprint density at radius 3 is 2.41 bits per heavy atom. The second kappa shape index (κ2) is 8.18. The van der Waals surface area contributed by atoms with Crippen LogP contribution in [0.3, 0.4) is 0 Å². The number of sulfonamides is 1. The summed E-state index contributed by atoms with van der Waals surface area (Å²) in [7, 11) is -2.48. The Kier molecular flexibility index (Phi) is 5.86. The Morgan fingerprint density at radius 1 is 1.10 bits per heavy atom. The van der Waals surface area contributed by atoms with Gasteiger partial charge in [-0.25, -0.2) is 22.6 Å². The van der Waals surface area contributed by atoms with Crippen molar-refractivity contribution in [2.45, 2.75) is 32.2 Å². The monoisotopic (exact) mass is 413 g/mol. The summed E-state index contributed by atoms with van der Waals surface area (Å²) in [4.78, 5) is 11.8. The SMILES string of the molecule is COC(=O)c1ccc(S(=O)(=O)NCc2c(C)nn(-c3ccccc3)c2C)c(C)c1. The van der Waals surface area contributed by atoms with E-state index in [0.717, 1.165) is 22.6 Å². The molecule has 1 aromatic heterocycles. The molecule has 8 heteroatoms. The number of nitrogens with zero attached hydrogens (tertiary/aromatic N) is 2. The third-order valence-corrected chi connectivity index (χ3v) is 6.33. The lowest BCUT2D eigenvalue weighted by Crippen LogP contribution is -2.24. The van der Waals surface area contributed by atoms with Gasteiger partial charge >= 0.3 is 5.97 Å². The molecule has 0 aliphatic carbocycles. The average molecular weight is 413 g/mol. The van der Waals surface area contributed by atoms with Crippen molar-refractivity contribution in [2.24, 2.45) is 0 Å². The van der Waals surface area contributed by atoms with Crippen molar-refractivity contribution in [2.75, 3.05) is 7.11 Å².